The Kier molecular flexibility index (Phi) is 6.65. The summed E-state index contributed by atoms with van der Waals surface area (Å²) < 4.78 is 11.5. The molecule has 1 saturated carbocycles. The van der Waals surface area contributed by atoms with Crippen molar-refractivity contribution in [1.82, 2.24) is 15.5 Å². The van der Waals surface area contributed by atoms with E-state index in [2.05, 4.69) is 15.5 Å². The van der Waals surface area contributed by atoms with Crippen molar-refractivity contribution in [2.75, 3.05) is 6.61 Å². The molecule has 2 aromatic carbocycles. The minimum absolute atomic E-state index is 0.0438. The first kappa shape index (κ1) is 21.1. The average Bonchev–Trinajstić information content (AvgIpc) is 3.17. The van der Waals surface area contributed by atoms with E-state index in [4.69, 9.17) is 9.15 Å². The predicted octanol–water partition coefficient (Wildman–Crippen LogP) is 4.76. The standard InChI is InChI=1S/C25H29N3O3/c1-17(20-9-4-3-5-10-20)25(29)26-23(15-24-28-27-18(2)31-24)21-11-13-22(14-12-21)30-16-19-7-6-8-19/h3-5,9-14,17,19,23H,6-8,15-16H2,1-2H3,(H,26,29)/t17-,23-/m0/s1. The van der Waals surface area contributed by atoms with Crippen LogP contribution in [0.5, 0.6) is 5.75 Å². The largest absolute Gasteiger partial charge is 0.493 e. The third kappa shape index (κ3) is 5.51. The number of nitrogens with one attached hydrogen (secondary N) is 1. The maximum atomic E-state index is 13.0. The molecule has 1 aromatic heterocycles. The zero-order valence-electron chi connectivity index (χ0n) is 18.1. The summed E-state index contributed by atoms with van der Waals surface area (Å²) in [7, 11) is 0. The van der Waals surface area contributed by atoms with Crippen molar-refractivity contribution in [3.8, 4) is 5.75 Å². The molecule has 4 rings (SSSR count). The number of aryl methyl sites for hydroxylation is 1. The minimum Gasteiger partial charge on any atom is -0.493 e. The number of nitrogens with zero attached hydrogens (tertiary/aromatic N) is 2. The highest BCUT2D eigenvalue weighted by Crippen LogP contribution is 2.28. The molecule has 0 radical (unpaired) electrons. The Balaban J connectivity index is 1.47. The van der Waals surface area contributed by atoms with Crippen molar-refractivity contribution in [3.63, 3.8) is 0 Å². The second kappa shape index (κ2) is 9.77. The van der Waals surface area contributed by atoms with Gasteiger partial charge in [0, 0.05) is 6.92 Å². The molecule has 0 bridgehead atoms. The van der Waals surface area contributed by atoms with Gasteiger partial charge in [-0.25, -0.2) is 0 Å². The van der Waals surface area contributed by atoms with E-state index in [1.165, 1.54) is 19.3 Å². The molecule has 0 spiro atoms. The van der Waals surface area contributed by atoms with Gasteiger partial charge in [0.2, 0.25) is 17.7 Å². The number of rotatable bonds is 9. The highest BCUT2D eigenvalue weighted by Gasteiger charge is 2.23. The van der Waals surface area contributed by atoms with Crippen molar-refractivity contribution in [2.24, 2.45) is 5.92 Å². The van der Waals surface area contributed by atoms with Crippen LogP contribution in [-0.4, -0.2) is 22.7 Å². The molecule has 1 aliphatic carbocycles. The zero-order chi connectivity index (χ0) is 21.6. The molecule has 0 saturated heterocycles. The van der Waals surface area contributed by atoms with Gasteiger partial charge in [0.25, 0.3) is 0 Å². The van der Waals surface area contributed by atoms with Crippen LogP contribution >= 0.6 is 0 Å². The van der Waals surface area contributed by atoms with Crippen LogP contribution in [0, 0.1) is 12.8 Å². The Morgan fingerprint density at radius 3 is 2.45 bits per heavy atom. The van der Waals surface area contributed by atoms with Gasteiger partial charge in [-0.15, -0.1) is 10.2 Å². The molecule has 0 aliphatic heterocycles. The van der Waals surface area contributed by atoms with E-state index >= 15 is 0 Å². The normalized spacial score (nSPS) is 15.7. The molecule has 31 heavy (non-hydrogen) atoms. The van der Waals surface area contributed by atoms with Crippen LogP contribution in [0.2, 0.25) is 0 Å². The van der Waals surface area contributed by atoms with Crippen molar-refractivity contribution in [2.45, 2.75) is 51.5 Å². The Bertz CT molecular complexity index is 981. The second-order valence-corrected chi connectivity index (χ2v) is 8.29. The lowest BCUT2D eigenvalue weighted by Gasteiger charge is -2.25. The van der Waals surface area contributed by atoms with E-state index in [1.807, 2.05) is 61.5 Å². The Hall–Kier alpha value is -3.15. The van der Waals surface area contributed by atoms with E-state index in [0.29, 0.717) is 24.1 Å². The van der Waals surface area contributed by atoms with Crippen LogP contribution < -0.4 is 10.1 Å². The van der Waals surface area contributed by atoms with Gasteiger partial charge in [-0.3, -0.25) is 4.79 Å². The number of hydrogen-bond acceptors (Lipinski definition) is 5. The lowest BCUT2D eigenvalue weighted by molar-refractivity contribution is -0.123. The predicted molar refractivity (Wildman–Crippen MR) is 118 cm³/mol. The molecular weight excluding hydrogens is 390 g/mol. The summed E-state index contributed by atoms with van der Waals surface area (Å²) in [5.41, 5.74) is 1.95. The molecule has 6 heteroatoms. The summed E-state index contributed by atoms with van der Waals surface area (Å²) in [5, 5.41) is 11.2. The van der Waals surface area contributed by atoms with Gasteiger partial charge in [-0.1, -0.05) is 48.9 Å². The van der Waals surface area contributed by atoms with E-state index in [1.54, 1.807) is 6.92 Å². The van der Waals surface area contributed by atoms with Crippen LogP contribution in [0.4, 0.5) is 0 Å². The third-order valence-electron chi connectivity index (χ3n) is 5.95. The lowest BCUT2D eigenvalue weighted by Crippen LogP contribution is -2.33. The summed E-state index contributed by atoms with van der Waals surface area (Å²) in [4.78, 5) is 13.0. The third-order valence-corrected chi connectivity index (χ3v) is 5.95. The van der Waals surface area contributed by atoms with Crippen LogP contribution in [0.15, 0.2) is 59.0 Å². The van der Waals surface area contributed by atoms with E-state index in [0.717, 1.165) is 23.5 Å². The molecule has 1 amide bonds. The van der Waals surface area contributed by atoms with Crippen molar-refractivity contribution in [1.29, 1.82) is 0 Å². The number of carbonyl (C=O) groups is 1. The number of hydrogen-bond donors (Lipinski definition) is 1. The number of benzene rings is 2. The first-order valence-corrected chi connectivity index (χ1v) is 11.0. The van der Waals surface area contributed by atoms with Gasteiger partial charge in [-0.05, 0) is 48.9 Å². The van der Waals surface area contributed by atoms with Crippen LogP contribution in [0.3, 0.4) is 0 Å². The molecule has 1 fully saturated rings. The molecule has 2 atom stereocenters. The van der Waals surface area contributed by atoms with E-state index in [-0.39, 0.29) is 17.9 Å². The Morgan fingerprint density at radius 2 is 1.84 bits per heavy atom. The van der Waals surface area contributed by atoms with Crippen molar-refractivity contribution < 1.29 is 13.9 Å². The van der Waals surface area contributed by atoms with Crippen LogP contribution in [-0.2, 0) is 11.2 Å². The first-order valence-electron chi connectivity index (χ1n) is 11.0. The molecular formula is C25H29N3O3. The van der Waals surface area contributed by atoms with Crippen molar-refractivity contribution >= 4 is 5.91 Å². The molecule has 1 N–H and O–H groups in total. The fraction of sp³-hybridized carbons (Fsp3) is 0.400. The molecule has 162 valence electrons. The molecule has 1 heterocycles. The summed E-state index contributed by atoms with van der Waals surface area (Å²) in [6, 6.07) is 17.4. The fourth-order valence-electron chi connectivity index (χ4n) is 3.71. The Morgan fingerprint density at radius 1 is 1.10 bits per heavy atom. The van der Waals surface area contributed by atoms with Gasteiger partial charge >= 0.3 is 0 Å². The van der Waals surface area contributed by atoms with Gasteiger partial charge in [-0.2, -0.15) is 0 Å². The van der Waals surface area contributed by atoms with Gasteiger partial charge in [0.15, 0.2) is 0 Å². The monoisotopic (exact) mass is 419 g/mol. The molecule has 3 aromatic rings. The van der Waals surface area contributed by atoms with Crippen molar-refractivity contribution in [3.05, 3.63) is 77.5 Å². The highest BCUT2D eigenvalue weighted by molar-refractivity contribution is 5.83. The summed E-state index contributed by atoms with van der Waals surface area (Å²) in [6.07, 6.45) is 4.26. The Labute approximate surface area is 183 Å². The minimum atomic E-state index is -0.279. The summed E-state index contributed by atoms with van der Waals surface area (Å²) >= 11 is 0. The maximum Gasteiger partial charge on any atom is 0.227 e. The zero-order valence-corrected chi connectivity index (χ0v) is 18.1. The summed E-state index contributed by atoms with van der Waals surface area (Å²) in [6.45, 7) is 4.45. The van der Waals surface area contributed by atoms with E-state index < -0.39 is 0 Å². The van der Waals surface area contributed by atoms with Gasteiger partial charge in [0.05, 0.1) is 25.0 Å². The number of aromatic nitrogens is 2. The van der Waals surface area contributed by atoms with Gasteiger partial charge in [0.1, 0.15) is 5.75 Å². The fourth-order valence-corrected chi connectivity index (χ4v) is 3.71. The van der Waals surface area contributed by atoms with Gasteiger partial charge < -0.3 is 14.5 Å². The van der Waals surface area contributed by atoms with E-state index in [9.17, 15) is 4.79 Å². The number of carbonyl (C=O) groups excluding carboxylic acids is 1. The first-order chi connectivity index (χ1) is 15.1. The smallest absolute Gasteiger partial charge is 0.227 e. The lowest BCUT2D eigenvalue weighted by atomic mass is 9.86. The van der Waals surface area contributed by atoms with Crippen LogP contribution in [0.25, 0.3) is 0 Å². The quantitative estimate of drug-likeness (QED) is 0.541. The average molecular weight is 420 g/mol. The molecule has 6 nitrogen and oxygen atoms in total. The maximum absolute atomic E-state index is 13.0. The number of ether oxygens (including phenoxy) is 1. The molecule has 1 aliphatic rings. The SMILES string of the molecule is Cc1nnc(C[C@H](NC(=O)[C@@H](C)c2ccccc2)c2ccc(OCC3CCC3)cc2)o1. The topological polar surface area (TPSA) is 77.2 Å². The molecule has 0 unspecified atom stereocenters. The number of amides is 1. The second-order valence-electron chi connectivity index (χ2n) is 8.29. The highest BCUT2D eigenvalue weighted by atomic mass is 16.5. The van der Waals surface area contributed by atoms with Crippen LogP contribution in [0.1, 0.15) is 61.1 Å². The summed E-state index contributed by atoms with van der Waals surface area (Å²) in [5.74, 6) is 2.24.